The number of hydrogen-bond donors (Lipinski definition) is 0. The summed E-state index contributed by atoms with van der Waals surface area (Å²) < 4.78 is 5.03. The molecule has 1 aromatic rings. The average molecular weight is 173 g/mol. The zero-order valence-corrected chi connectivity index (χ0v) is 7.11. The second kappa shape index (κ2) is 4.74. The van der Waals surface area contributed by atoms with E-state index in [9.17, 15) is 0 Å². The molecule has 0 fully saturated rings. The molecule has 4 nitrogen and oxygen atoms in total. The van der Waals surface area contributed by atoms with Gasteiger partial charge in [-0.2, -0.15) is 5.26 Å². The second-order valence-corrected chi connectivity index (χ2v) is 2.05. The standard InChI is InChI=1S/C9H7N3O/c1-2-13-9-11-6-8(7-12-9)4-3-5-10/h6-7H,2H2,1H3. The van der Waals surface area contributed by atoms with E-state index in [4.69, 9.17) is 10.00 Å². The van der Waals surface area contributed by atoms with Crippen LogP contribution in [-0.2, 0) is 0 Å². The third-order valence-electron chi connectivity index (χ3n) is 1.16. The lowest BCUT2D eigenvalue weighted by atomic mass is 10.3. The summed E-state index contributed by atoms with van der Waals surface area (Å²) in [6.07, 6.45) is 3.03. The number of ether oxygens (including phenoxy) is 1. The molecule has 0 aliphatic heterocycles. The van der Waals surface area contributed by atoms with Gasteiger partial charge < -0.3 is 4.74 Å². The number of aromatic nitrogens is 2. The number of rotatable bonds is 2. The molecule has 1 rings (SSSR count). The topological polar surface area (TPSA) is 58.8 Å². The van der Waals surface area contributed by atoms with Crippen LogP contribution in [0.15, 0.2) is 12.4 Å². The van der Waals surface area contributed by atoms with E-state index in [0.29, 0.717) is 18.2 Å². The fourth-order valence-corrected chi connectivity index (χ4v) is 0.684. The van der Waals surface area contributed by atoms with E-state index in [1.54, 1.807) is 6.07 Å². The Morgan fingerprint density at radius 3 is 2.69 bits per heavy atom. The molecule has 0 saturated carbocycles. The molecule has 0 bridgehead atoms. The van der Waals surface area contributed by atoms with Crippen molar-refractivity contribution in [3.05, 3.63) is 18.0 Å². The van der Waals surface area contributed by atoms with Crippen molar-refractivity contribution in [2.24, 2.45) is 0 Å². The van der Waals surface area contributed by atoms with Gasteiger partial charge >= 0.3 is 6.01 Å². The lowest BCUT2D eigenvalue weighted by molar-refractivity contribution is 0.312. The fraction of sp³-hybridized carbons (Fsp3) is 0.222. The molecule has 0 amide bonds. The van der Waals surface area contributed by atoms with Crippen molar-refractivity contribution in [3.8, 4) is 23.9 Å². The summed E-state index contributed by atoms with van der Waals surface area (Å²) in [5.41, 5.74) is 0.602. The maximum absolute atomic E-state index is 8.18. The number of nitrogens with zero attached hydrogens (tertiary/aromatic N) is 3. The highest BCUT2D eigenvalue weighted by Gasteiger charge is 1.93. The molecule has 4 heteroatoms. The van der Waals surface area contributed by atoms with Crippen LogP contribution >= 0.6 is 0 Å². The van der Waals surface area contributed by atoms with Crippen molar-refractivity contribution >= 4 is 0 Å². The lowest BCUT2D eigenvalue weighted by Crippen LogP contribution is -1.96. The molecule has 1 heterocycles. The Balaban J connectivity index is 2.76. The molecule has 64 valence electrons. The number of hydrogen-bond acceptors (Lipinski definition) is 4. The Bertz CT molecular complexity index is 367. The van der Waals surface area contributed by atoms with Gasteiger partial charge in [-0.25, -0.2) is 9.97 Å². The van der Waals surface area contributed by atoms with Crippen LogP contribution in [0.5, 0.6) is 6.01 Å². The van der Waals surface area contributed by atoms with Crippen LogP contribution in [0, 0.1) is 23.2 Å². The Morgan fingerprint density at radius 1 is 1.46 bits per heavy atom. The average Bonchev–Trinajstić information content (AvgIpc) is 2.17. The third kappa shape index (κ3) is 2.80. The van der Waals surface area contributed by atoms with Crippen LogP contribution in [0.3, 0.4) is 0 Å². The van der Waals surface area contributed by atoms with Gasteiger partial charge in [-0.05, 0) is 12.8 Å². The normalized spacial score (nSPS) is 8.00. The summed E-state index contributed by atoms with van der Waals surface area (Å²) in [7, 11) is 0. The van der Waals surface area contributed by atoms with E-state index in [-0.39, 0.29) is 0 Å². The minimum atomic E-state index is 0.324. The Hall–Kier alpha value is -2.07. The summed E-state index contributed by atoms with van der Waals surface area (Å²) in [5, 5.41) is 8.18. The highest BCUT2D eigenvalue weighted by atomic mass is 16.5. The first-order valence-corrected chi connectivity index (χ1v) is 3.71. The van der Waals surface area contributed by atoms with Crippen LogP contribution in [0.4, 0.5) is 0 Å². The van der Waals surface area contributed by atoms with Crippen LogP contribution in [0.25, 0.3) is 0 Å². The van der Waals surface area contributed by atoms with Gasteiger partial charge in [0, 0.05) is 18.3 Å². The molecule has 0 unspecified atom stereocenters. The van der Waals surface area contributed by atoms with E-state index in [0.717, 1.165) is 0 Å². The molecule has 1 aromatic heterocycles. The lowest BCUT2D eigenvalue weighted by Gasteiger charge is -1.97. The molecule has 0 spiro atoms. The second-order valence-electron chi connectivity index (χ2n) is 2.05. The van der Waals surface area contributed by atoms with Crippen LogP contribution in [-0.4, -0.2) is 16.6 Å². The van der Waals surface area contributed by atoms with E-state index in [2.05, 4.69) is 21.8 Å². The van der Waals surface area contributed by atoms with E-state index >= 15 is 0 Å². The summed E-state index contributed by atoms with van der Waals surface area (Å²) in [5.74, 6) is 4.82. The fourth-order valence-electron chi connectivity index (χ4n) is 0.684. The highest BCUT2D eigenvalue weighted by Crippen LogP contribution is 2.00. The Kier molecular flexibility index (Phi) is 3.29. The SMILES string of the molecule is CCOc1ncc(C#CC#N)cn1. The predicted octanol–water partition coefficient (Wildman–Crippen LogP) is 0.750. The first-order valence-electron chi connectivity index (χ1n) is 3.71. The van der Waals surface area contributed by atoms with Crippen LogP contribution < -0.4 is 4.74 Å². The molecule has 0 radical (unpaired) electrons. The van der Waals surface area contributed by atoms with Gasteiger partial charge in [-0.15, -0.1) is 0 Å². The molecule has 0 aromatic carbocycles. The van der Waals surface area contributed by atoms with Gasteiger partial charge in [-0.1, -0.05) is 0 Å². The quantitative estimate of drug-likeness (QED) is 0.619. The predicted molar refractivity (Wildman–Crippen MR) is 45.7 cm³/mol. The highest BCUT2D eigenvalue weighted by molar-refractivity contribution is 5.34. The molecule has 0 aliphatic carbocycles. The van der Waals surface area contributed by atoms with Crippen LogP contribution in [0.1, 0.15) is 12.5 Å². The summed E-state index contributed by atoms with van der Waals surface area (Å²) >= 11 is 0. The van der Waals surface area contributed by atoms with Crippen molar-refractivity contribution in [3.63, 3.8) is 0 Å². The summed E-state index contributed by atoms with van der Waals surface area (Å²) in [6.45, 7) is 2.38. The Morgan fingerprint density at radius 2 is 2.15 bits per heavy atom. The van der Waals surface area contributed by atoms with Crippen molar-refractivity contribution in [1.82, 2.24) is 9.97 Å². The first-order chi connectivity index (χ1) is 6.36. The Labute approximate surface area is 76.2 Å². The summed E-state index contributed by atoms with van der Waals surface area (Å²) in [6, 6.07) is 2.03. The van der Waals surface area contributed by atoms with Gasteiger partial charge in [0.15, 0.2) is 6.07 Å². The van der Waals surface area contributed by atoms with Gasteiger partial charge in [0.2, 0.25) is 0 Å². The monoisotopic (exact) mass is 173 g/mol. The van der Waals surface area contributed by atoms with Crippen molar-refractivity contribution in [2.75, 3.05) is 6.61 Å². The molecule has 13 heavy (non-hydrogen) atoms. The molecular weight excluding hydrogens is 166 g/mol. The largest absolute Gasteiger partial charge is 0.464 e. The number of nitriles is 1. The third-order valence-corrected chi connectivity index (χ3v) is 1.16. The van der Waals surface area contributed by atoms with Gasteiger partial charge in [0.1, 0.15) is 0 Å². The first kappa shape index (κ1) is 9.02. The minimum Gasteiger partial charge on any atom is -0.464 e. The van der Waals surface area contributed by atoms with Crippen molar-refractivity contribution in [1.29, 1.82) is 5.26 Å². The maximum atomic E-state index is 8.18. The molecule has 0 saturated heterocycles. The smallest absolute Gasteiger partial charge is 0.316 e. The molecule has 0 N–H and O–H groups in total. The maximum Gasteiger partial charge on any atom is 0.316 e. The van der Waals surface area contributed by atoms with E-state index in [1.165, 1.54) is 12.4 Å². The van der Waals surface area contributed by atoms with E-state index < -0.39 is 0 Å². The minimum absolute atomic E-state index is 0.324. The van der Waals surface area contributed by atoms with Crippen molar-refractivity contribution < 1.29 is 4.74 Å². The van der Waals surface area contributed by atoms with Crippen LogP contribution in [0.2, 0.25) is 0 Å². The van der Waals surface area contributed by atoms with Gasteiger partial charge in [-0.3, -0.25) is 0 Å². The summed E-state index contributed by atoms with van der Waals surface area (Å²) in [4.78, 5) is 7.75. The zero-order chi connectivity index (χ0) is 9.52. The molecule has 0 atom stereocenters. The van der Waals surface area contributed by atoms with Gasteiger partial charge in [0.05, 0.1) is 12.2 Å². The van der Waals surface area contributed by atoms with Gasteiger partial charge in [0.25, 0.3) is 0 Å². The molecule has 0 aliphatic rings. The van der Waals surface area contributed by atoms with Crippen molar-refractivity contribution in [2.45, 2.75) is 6.92 Å². The van der Waals surface area contributed by atoms with E-state index in [1.807, 2.05) is 6.92 Å². The molecular formula is C9H7N3O. The zero-order valence-electron chi connectivity index (χ0n) is 7.11.